The van der Waals surface area contributed by atoms with E-state index in [1.165, 1.54) is 95.2 Å². The Morgan fingerprint density at radius 3 is 2.11 bits per heavy atom. The van der Waals surface area contributed by atoms with Gasteiger partial charge in [-0.25, -0.2) is 0 Å². The SMILES string of the molecule is CCCCCCCCCCCCCCC(=O)O[C@@H](C)[N+]1(C)CCC=C(c2nsnc2OCCCCCC)C1. The Hall–Kier alpha value is -1.47. The molecule has 2 atom stereocenters. The minimum absolute atomic E-state index is 0.0635. The van der Waals surface area contributed by atoms with Gasteiger partial charge in [-0.2, -0.15) is 4.37 Å². The van der Waals surface area contributed by atoms with Crippen molar-refractivity contribution in [3.8, 4) is 5.88 Å². The average Bonchev–Trinajstić information content (AvgIpc) is 3.38. The number of likely N-dealkylation sites (N-methyl/N-ethyl adjacent to an activating group) is 1. The van der Waals surface area contributed by atoms with E-state index in [4.69, 9.17) is 9.47 Å². The summed E-state index contributed by atoms with van der Waals surface area (Å²) in [6.45, 7) is 8.92. The zero-order chi connectivity index (χ0) is 27.5. The predicted molar refractivity (Wildman–Crippen MR) is 159 cm³/mol. The largest absolute Gasteiger partial charge is 0.475 e. The van der Waals surface area contributed by atoms with Gasteiger partial charge in [-0.1, -0.05) is 110 Å². The molecule has 38 heavy (non-hydrogen) atoms. The van der Waals surface area contributed by atoms with Crippen LogP contribution in [-0.2, 0) is 9.53 Å². The van der Waals surface area contributed by atoms with Crippen LogP contribution in [0.3, 0.4) is 0 Å². The molecule has 0 radical (unpaired) electrons. The molecule has 1 unspecified atom stereocenters. The number of nitrogens with zero attached hydrogens (tertiary/aromatic N) is 3. The van der Waals surface area contributed by atoms with Crippen LogP contribution < -0.4 is 4.74 Å². The standard InChI is InChI=1S/C31H56N3O3S/c1-5-7-9-11-12-13-14-15-16-17-18-19-23-29(35)37-27(3)34(4)24-21-22-28(26-34)30-31(33-38-32-30)36-25-20-10-8-6-2/h22,27H,5-21,23-26H2,1-4H3/q+1/t27-,34?/m0/s1. The zero-order valence-electron chi connectivity index (χ0n) is 25.0. The third-order valence-electron chi connectivity index (χ3n) is 7.98. The lowest BCUT2D eigenvalue weighted by Gasteiger charge is -2.41. The molecule has 0 aliphatic carbocycles. The van der Waals surface area contributed by atoms with Crippen molar-refractivity contribution in [3.63, 3.8) is 0 Å². The van der Waals surface area contributed by atoms with Crippen molar-refractivity contribution in [2.24, 2.45) is 0 Å². The molecule has 6 nitrogen and oxygen atoms in total. The second-order valence-corrected chi connectivity index (χ2v) is 12.0. The molecule has 0 amide bonds. The average molecular weight is 551 g/mol. The van der Waals surface area contributed by atoms with Crippen LogP contribution in [0.1, 0.15) is 142 Å². The van der Waals surface area contributed by atoms with Gasteiger partial charge in [0.1, 0.15) is 12.2 Å². The number of quaternary nitrogens is 1. The highest BCUT2D eigenvalue weighted by atomic mass is 32.1. The first-order valence-electron chi connectivity index (χ1n) is 15.7. The predicted octanol–water partition coefficient (Wildman–Crippen LogP) is 8.71. The molecule has 2 rings (SSSR count). The Bertz CT molecular complexity index is 797. The first-order chi connectivity index (χ1) is 18.5. The lowest BCUT2D eigenvalue weighted by atomic mass is 10.0. The van der Waals surface area contributed by atoms with Crippen molar-refractivity contribution in [1.82, 2.24) is 8.75 Å². The van der Waals surface area contributed by atoms with Gasteiger partial charge in [0.2, 0.25) is 6.23 Å². The monoisotopic (exact) mass is 550 g/mol. The molecule has 0 bridgehead atoms. The van der Waals surface area contributed by atoms with E-state index in [0.29, 0.717) is 23.4 Å². The Kier molecular flexibility index (Phi) is 16.9. The zero-order valence-corrected chi connectivity index (χ0v) is 25.8. The van der Waals surface area contributed by atoms with E-state index in [-0.39, 0.29) is 12.2 Å². The molecule has 0 spiro atoms. The number of carbonyl (C=O) groups is 1. The molecule has 2 heterocycles. The molecule has 0 aromatic carbocycles. The molecule has 0 fully saturated rings. The first-order valence-corrected chi connectivity index (χ1v) is 16.4. The van der Waals surface area contributed by atoms with Crippen molar-refractivity contribution in [1.29, 1.82) is 0 Å². The second kappa shape index (κ2) is 19.6. The lowest BCUT2D eigenvalue weighted by Crippen LogP contribution is -2.55. The number of hydrogen-bond donors (Lipinski definition) is 0. The van der Waals surface area contributed by atoms with Crippen molar-refractivity contribution in [3.05, 3.63) is 11.8 Å². The van der Waals surface area contributed by atoms with Gasteiger partial charge in [-0.05, 0) is 12.8 Å². The fourth-order valence-corrected chi connectivity index (χ4v) is 5.74. The van der Waals surface area contributed by atoms with Crippen LogP contribution in [0.5, 0.6) is 5.88 Å². The van der Waals surface area contributed by atoms with Gasteiger partial charge in [0.25, 0.3) is 5.88 Å². The van der Waals surface area contributed by atoms with Crippen molar-refractivity contribution in [2.45, 2.75) is 143 Å². The highest BCUT2D eigenvalue weighted by molar-refractivity contribution is 6.99. The molecule has 0 saturated heterocycles. The maximum absolute atomic E-state index is 12.6. The van der Waals surface area contributed by atoms with Crippen LogP contribution in [0, 0.1) is 0 Å². The Morgan fingerprint density at radius 1 is 0.895 bits per heavy atom. The molecule has 1 aromatic rings. The summed E-state index contributed by atoms with van der Waals surface area (Å²) in [4.78, 5) is 12.6. The normalized spacial score (nSPS) is 18.3. The minimum atomic E-state index is -0.187. The smallest absolute Gasteiger partial charge is 0.310 e. The number of carbonyl (C=O) groups excluding carboxylic acids is 1. The Morgan fingerprint density at radius 2 is 1.47 bits per heavy atom. The second-order valence-electron chi connectivity index (χ2n) is 11.4. The van der Waals surface area contributed by atoms with Gasteiger partial charge in [-0.3, -0.25) is 9.28 Å². The molecular formula is C31H56N3O3S+. The third-order valence-corrected chi connectivity index (χ3v) is 8.49. The number of ether oxygens (including phenoxy) is 2. The number of aromatic nitrogens is 2. The highest BCUT2D eigenvalue weighted by Gasteiger charge is 2.36. The number of unbranched alkanes of at least 4 members (excludes halogenated alkanes) is 14. The van der Waals surface area contributed by atoms with Gasteiger partial charge in [0.05, 0.1) is 31.9 Å². The number of rotatable bonds is 22. The van der Waals surface area contributed by atoms with E-state index in [1.54, 1.807) is 0 Å². The van der Waals surface area contributed by atoms with E-state index in [9.17, 15) is 4.79 Å². The van der Waals surface area contributed by atoms with Crippen LogP contribution >= 0.6 is 11.7 Å². The lowest BCUT2D eigenvalue weighted by molar-refractivity contribution is -0.944. The Labute approximate surface area is 237 Å². The third kappa shape index (κ3) is 12.6. The summed E-state index contributed by atoms with van der Waals surface area (Å²) in [5.74, 6) is 0.592. The van der Waals surface area contributed by atoms with Gasteiger partial charge in [0.15, 0.2) is 0 Å². The van der Waals surface area contributed by atoms with Gasteiger partial charge in [0, 0.05) is 25.3 Å². The number of hydrogen-bond acceptors (Lipinski definition) is 6. The van der Waals surface area contributed by atoms with Crippen LogP contribution in [-0.4, -0.2) is 52.2 Å². The topological polar surface area (TPSA) is 61.3 Å². The van der Waals surface area contributed by atoms with Crippen LogP contribution in [0.4, 0.5) is 0 Å². The Balaban J connectivity index is 1.64. The fourth-order valence-electron chi connectivity index (χ4n) is 5.20. The van der Waals surface area contributed by atoms with Crippen LogP contribution in [0.2, 0.25) is 0 Å². The van der Waals surface area contributed by atoms with E-state index < -0.39 is 0 Å². The summed E-state index contributed by atoms with van der Waals surface area (Å²) in [6, 6.07) is 0. The maximum Gasteiger partial charge on any atom is 0.310 e. The van der Waals surface area contributed by atoms with Crippen molar-refractivity contribution >= 4 is 23.3 Å². The van der Waals surface area contributed by atoms with E-state index in [2.05, 4.69) is 35.7 Å². The molecule has 1 aromatic heterocycles. The van der Waals surface area contributed by atoms with Gasteiger partial charge < -0.3 is 9.47 Å². The minimum Gasteiger partial charge on any atom is -0.475 e. The summed E-state index contributed by atoms with van der Waals surface area (Å²) < 4.78 is 21.6. The summed E-state index contributed by atoms with van der Waals surface area (Å²) in [5.41, 5.74) is 2.02. The van der Waals surface area contributed by atoms with E-state index >= 15 is 0 Å². The summed E-state index contributed by atoms with van der Waals surface area (Å²) in [5, 5.41) is 0. The highest BCUT2D eigenvalue weighted by Crippen LogP contribution is 2.31. The molecule has 1 aliphatic heterocycles. The molecule has 0 saturated carbocycles. The van der Waals surface area contributed by atoms with E-state index in [1.807, 2.05) is 6.92 Å². The van der Waals surface area contributed by atoms with Gasteiger partial charge in [-0.15, -0.1) is 4.37 Å². The molecule has 218 valence electrons. The van der Waals surface area contributed by atoms with Crippen LogP contribution in [0.15, 0.2) is 6.08 Å². The molecule has 0 N–H and O–H groups in total. The van der Waals surface area contributed by atoms with Crippen molar-refractivity contribution < 1.29 is 18.8 Å². The maximum atomic E-state index is 12.6. The van der Waals surface area contributed by atoms with Crippen molar-refractivity contribution in [2.75, 3.05) is 26.7 Å². The van der Waals surface area contributed by atoms with Crippen LogP contribution in [0.25, 0.3) is 5.57 Å². The summed E-state index contributed by atoms with van der Waals surface area (Å²) >= 11 is 1.21. The molecular weight excluding hydrogens is 494 g/mol. The van der Waals surface area contributed by atoms with Gasteiger partial charge >= 0.3 is 5.97 Å². The first kappa shape index (κ1) is 32.7. The fraction of sp³-hybridized carbons (Fsp3) is 0.839. The summed E-state index contributed by atoms with van der Waals surface area (Å²) in [7, 11) is 2.18. The quantitative estimate of drug-likeness (QED) is 0.0820. The molecule has 1 aliphatic rings. The summed E-state index contributed by atoms with van der Waals surface area (Å²) in [6.07, 6.45) is 23.8. The molecule has 7 heteroatoms. The van der Waals surface area contributed by atoms with E-state index in [0.717, 1.165) is 50.0 Å². The number of esters is 1.